The van der Waals surface area contributed by atoms with Crippen molar-refractivity contribution in [1.82, 2.24) is 14.9 Å². The van der Waals surface area contributed by atoms with Gasteiger partial charge in [0.1, 0.15) is 5.82 Å². The lowest BCUT2D eigenvalue weighted by atomic mass is 9.87. The van der Waals surface area contributed by atoms with Crippen LogP contribution in [0, 0.1) is 5.92 Å². The Kier molecular flexibility index (Phi) is 5.34. The summed E-state index contributed by atoms with van der Waals surface area (Å²) in [5.41, 5.74) is 0.146. The molecule has 6 heteroatoms. The lowest BCUT2D eigenvalue weighted by molar-refractivity contribution is 0.0728. The van der Waals surface area contributed by atoms with Crippen LogP contribution in [0.4, 0.5) is 10.5 Å². The molecule has 6 nitrogen and oxygen atoms in total. The smallest absolute Gasteiger partial charge is 0.322 e. The van der Waals surface area contributed by atoms with Crippen LogP contribution in [0.25, 0.3) is 0 Å². The van der Waals surface area contributed by atoms with Gasteiger partial charge in [-0.15, -0.1) is 0 Å². The average molecular weight is 306 g/mol. The molecule has 2 N–H and O–H groups in total. The third-order valence-electron chi connectivity index (χ3n) is 4.20. The summed E-state index contributed by atoms with van der Waals surface area (Å²) in [7, 11) is 0. The first-order valence-corrected chi connectivity index (χ1v) is 8.01. The van der Waals surface area contributed by atoms with Crippen molar-refractivity contribution in [3.05, 3.63) is 18.2 Å². The van der Waals surface area contributed by atoms with Crippen molar-refractivity contribution in [2.75, 3.05) is 18.5 Å². The number of rotatable bonds is 5. The minimum Gasteiger partial charge on any atom is -0.394 e. The Hall–Kier alpha value is -1.69. The number of nitrogens with zero attached hydrogens (tertiary/aromatic N) is 3. The number of amides is 2. The molecule has 0 saturated carbocycles. The van der Waals surface area contributed by atoms with Crippen LogP contribution < -0.4 is 5.32 Å². The van der Waals surface area contributed by atoms with Crippen molar-refractivity contribution < 1.29 is 9.90 Å². The second-order valence-electron chi connectivity index (χ2n) is 6.41. The van der Waals surface area contributed by atoms with E-state index < -0.39 is 5.54 Å². The second kappa shape index (κ2) is 7.05. The van der Waals surface area contributed by atoms with Gasteiger partial charge in [-0.05, 0) is 25.2 Å². The van der Waals surface area contributed by atoms with E-state index >= 15 is 0 Å². The molecule has 1 atom stereocenters. The molecule has 22 heavy (non-hydrogen) atoms. The van der Waals surface area contributed by atoms with Crippen LogP contribution in [0.2, 0.25) is 0 Å². The molecule has 1 aliphatic heterocycles. The molecule has 1 saturated heterocycles. The Morgan fingerprint density at radius 3 is 2.68 bits per heavy atom. The topological polar surface area (TPSA) is 78.4 Å². The van der Waals surface area contributed by atoms with Gasteiger partial charge in [0.25, 0.3) is 0 Å². The van der Waals surface area contributed by atoms with Gasteiger partial charge in [-0.3, -0.25) is 0 Å². The van der Waals surface area contributed by atoms with E-state index in [0.717, 1.165) is 31.5 Å². The maximum atomic E-state index is 12.6. The van der Waals surface area contributed by atoms with Gasteiger partial charge in [-0.2, -0.15) is 0 Å². The quantitative estimate of drug-likeness (QED) is 0.876. The van der Waals surface area contributed by atoms with E-state index in [-0.39, 0.29) is 12.6 Å². The number of nitrogens with one attached hydrogen (secondary N) is 1. The van der Waals surface area contributed by atoms with Gasteiger partial charge in [-0.25, -0.2) is 14.8 Å². The molecule has 1 aliphatic rings. The van der Waals surface area contributed by atoms with Crippen molar-refractivity contribution >= 4 is 11.7 Å². The molecule has 1 fully saturated rings. The highest BCUT2D eigenvalue weighted by molar-refractivity contribution is 5.89. The van der Waals surface area contributed by atoms with Gasteiger partial charge in [0.05, 0.1) is 30.2 Å². The summed E-state index contributed by atoms with van der Waals surface area (Å²) in [6.07, 6.45) is 6.60. The highest BCUT2D eigenvalue weighted by Gasteiger charge is 2.43. The number of carbonyl (C=O) groups is 1. The molecule has 1 aromatic heterocycles. The monoisotopic (exact) mass is 306 g/mol. The molecule has 2 rings (SSSR count). The van der Waals surface area contributed by atoms with Crippen molar-refractivity contribution in [3.8, 4) is 0 Å². The molecule has 0 spiro atoms. The van der Waals surface area contributed by atoms with Gasteiger partial charge < -0.3 is 15.3 Å². The fraction of sp³-hybridized carbons (Fsp3) is 0.688. The van der Waals surface area contributed by atoms with Crippen LogP contribution in [0.5, 0.6) is 0 Å². The molecule has 122 valence electrons. The number of hydrogen-bond acceptors (Lipinski definition) is 4. The third-order valence-corrected chi connectivity index (χ3v) is 4.20. The summed E-state index contributed by atoms with van der Waals surface area (Å²) in [5, 5.41) is 12.7. The standard InChI is InChI=1S/C16H26N4O2/c1-4-14-17-9-13(10-18-14)19-15(22)20-7-5-6-16(20,11-21)8-12(2)3/h9-10,12,21H,4-8,11H2,1-3H3,(H,19,22). The molecule has 2 heterocycles. The van der Waals surface area contributed by atoms with E-state index in [9.17, 15) is 9.90 Å². The van der Waals surface area contributed by atoms with Crippen molar-refractivity contribution in [2.24, 2.45) is 5.92 Å². The van der Waals surface area contributed by atoms with E-state index in [4.69, 9.17) is 0 Å². The number of anilines is 1. The van der Waals surface area contributed by atoms with E-state index in [1.807, 2.05) is 6.92 Å². The van der Waals surface area contributed by atoms with Gasteiger partial charge in [0.15, 0.2) is 0 Å². The minimum absolute atomic E-state index is 0.00384. The number of aliphatic hydroxyl groups excluding tert-OH is 1. The Balaban J connectivity index is 2.09. The normalized spacial score (nSPS) is 21.4. The van der Waals surface area contributed by atoms with Crippen molar-refractivity contribution in [2.45, 2.75) is 52.0 Å². The number of hydrogen-bond donors (Lipinski definition) is 2. The number of likely N-dealkylation sites (tertiary alicyclic amines) is 1. The van der Waals surface area contributed by atoms with Gasteiger partial charge in [0.2, 0.25) is 0 Å². The summed E-state index contributed by atoms with van der Waals surface area (Å²) in [6, 6.07) is -0.181. The molecule has 1 unspecified atom stereocenters. The zero-order chi connectivity index (χ0) is 16.2. The summed E-state index contributed by atoms with van der Waals surface area (Å²) in [5.74, 6) is 1.18. The average Bonchev–Trinajstić information content (AvgIpc) is 2.91. The second-order valence-corrected chi connectivity index (χ2v) is 6.41. The van der Waals surface area contributed by atoms with E-state index in [2.05, 4.69) is 29.1 Å². The molecular weight excluding hydrogens is 280 g/mol. The van der Waals surface area contributed by atoms with Gasteiger partial charge in [0, 0.05) is 13.0 Å². The number of urea groups is 1. The first-order chi connectivity index (χ1) is 10.5. The Morgan fingerprint density at radius 1 is 1.45 bits per heavy atom. The molecule has 0 aromatic carbocycles. The zero-order valence-corrected chi connectivity index (χ0v) is 13.7. The van der Waals surface area contributed by atoms with Crippen LogP contribution in [0.1, 0.15) is 45.9 Å². The highest BCUT2D eigenvalue weighted by atomic mass is 16.3. The first kappa shape index (κ1) is 16.7. The summed E-state index contributed by atoms with van der Waals surface area (Å²) in [4.78, 5) is 22.7. The largest absolute Gasteiger partial charge is 0.394 e. The van der Waals surface area contributed by atoms with E-state index in [1.54, 1.807) is 17.3 Å². The van der Waals surface area contributed by atoms with Crippen molar-refractivity contribution in [3.63, 3.8) is 0 Å². The first-order valence-electron chi connectivity index (χ1n) is 8.01. The Morgan fingerprint density at radius 2 is 2.14 bits per heavy atom. The fourth-order valence-corrected chi connectivity index (χ4v) is 3.25. The maximum Gasteiger partial charge on any atom is 0.322 e. The molecular formula is C16H26N4O2. The predicted molar refractivity (Wildman–Crippen MR) is 85.6 cm³/mol. The van der Waals surface area contributed by atoms with E-state index in [1.165, 1.54) is 0 Å². The lowest BCUT2D eigenvalue weighted by Crippen LogP contribution is -2.52. The summed E-state index contributed by atoms with van der Waals surface area (Å²) >= 11 is 0. The third kappa shape index (κ3) is 3.55. The minimum atomic E-state index is -0.442. The molecule has 1 aromatic rings. The summed E-state index contributed by atoms with van der Waals surface area (Å²) < 4.78 is 0. The summed E-state index contributed by atoms with van der Waals surface area (Å²) in [6.45, 7) is 6.89. The number of carbonyl (C=O) groups excluding carboxylic acids is 1. The number of aliphatic hydroxyl groups is 1. The Labute approximate surface area is 132 Å². The van der Waals surface area contributed by atoms with Crippen LogP contribution in [0.3, 0.4) is 0 Å². The van der Waals surface area contributed by atoms with Crippen molar-refractivity contribution in [1.29, 1.82) is 0 Å². The van der Waals surface area contributed by atoms with Gasteiger partial charge in [-0.1, -0.05) is 20.8 Å². The molecule has 0 aliphatic carbocycles. The predicted octanol–water partition coefficient (Wildman–Crippen LogP) is 2.44. The fourth-order valence-electron chi connectivity index (χ4n) is 3.25. The van der Waals surface area contributed by atoms with Gasteiger partial charge >= 0.3 is 6.03 Å². The molecule has 2 amide bonds. The van der Waals surface area contributed by atoms with Crippen LogP contribution >= 0.6 is 0 Å². The maximum absolute atomic E-state index is 12.6. The van der Waals surface area contributed by atoms with Crippen LogP contribution in [-0.4, -0.2) is 44.7 Å². The highest BCUT2D eigenvalue weighted by Crippen LogP contribution is 2.35. The molecule has 0 bridgehead atoms. The van der Waals surface area contributed by atoms with Crippen LogP contribution in [0.15, 0.2) is 12.4 Å². The zero-order valence-electron chi connectivity index (χ0n) is 13.7. The molecule has 0 radical (unpaired) electrons. The number of aryl methyl sites for hydroxylation is 1. The SMILES string of the molecule is CCc1ncc(NC(=O)N2CCCC2(CO)CC(C)C)cn1. The van der Waals surface area contributed by atoms with E-state index in [0.29, 0.717) is 18.2 Å². The van der Waals surface area contributed by atoms with Crippen LogP contribution in [-0.2, 0) is 6.42 Å². The number of aromatic nitrogens is 2. The lowest BCUT2D eigenvalue weighted by Gasteiger charge is -2.38. The Bertz CT molecular complexity index is 503.